The molecule has 1 heterocycles. The third-order valence-electron chi connectivity index (χ3n) is 4.37. The van der Waals surface area contributed by atoms with Gasteiger partial charge in [0.1, 0.15) is 5.60 Å². The Morgan fingerprint density at radius 2 is 1.83 bits per heavy atom. The van der Waals surface area contributed by atoms with Gasteiger partial charge < -0.3 is 24.3 Å². The lowest BCUT2D eigenvalue weighted by Crippen LogP contribution is -2.25. The van der Waals surface area contributed by atoms with Gasteiger partial charge in [0, 0.05) is 12.0 Å². The Bertz CT molecular complexity index is 968. The molecule has 0 radical (unpaired) electrons. The van der Waals surface area contributed by atoms with Crippen LogP contribution in [0.15, 0.2) is 42.5 Å². The van der Waals surface area contributed by atoms with E-state index in [1.54, 1.807) is 24.3 Å². The van der Waals surface area contributed by atoms with Crippen LogP contribution < -0.4 is 14.8 Å². The molecule has 1 aliphatic rings. The maximum Gasteiger partial charge on any atom is 0.344 e. The number of carbonyl (C=O) groups excluding carboxylic acids is 3. The number of anilines is 1. The first-order chi connectivity index (χ1) is 14.3. The van der Waals surface area contributed by atoms with E-state index in [-0.39, 0.29) is 23.5 Å². The van der Waals surface area contributed by atoms with Gasteiger partial charge in [0.25, 0.3) is 5.91 Å². The summed E-state index contributed by atoms with van der Waals surface area (Å²) in [5, 5.41) is 2.52. The second-order valence-electron chi connectivity index (χ2n) is 7.32. The molecule has 0 spiro atoms. The third-order valence-corrected chi connectivity index (χ3v) is 4.37. The van der Waals surface area contributed by atoms with Crippen LogP contribution in [0.25, 0.3) is 0 Å². The summed E-state index contributed by atoms with van der Waals surface area (Å²) >= 11 is 0. The maximum atomic E-state index is 12.1. The van der Waals surface area contributed by atoms with E-state index in [0.717, 1.165) is 12.0 Å². The standard InChI is InChI=1S/C22H23NO7/c1-22(2)11-14-7-6-10-17(20(14)30-22)28-13-19(25)29-12-18(24)23-16-9-5-4-8-15(16)21(26)27-3/h4-10H,11-13H2,1-3H3,(H,23,24). The van der Waals surface area contributed by atoms with Gasteiger partial charge in [0.05, 0.1) is 18.4 Å². The first-order valence-electron chi connectivity index (χ1n) is 9.35. The molecule has 1 N–H and O–H groups in total. The van der Waals surface area contributed by atoms with Crippen LogP contribution in [0, 0.1) is 0 Å². The highest BCUT2D eigenvalue weighted by Gasteiger charge is 2.32. The van der Waals surface area contributed by atoms with E-state index in [1.165, 1.54) is 13.2 Å². The van der Waals surface area contributed by atoms with Crippen LogP contribution in [0.5, 0.6) is 11.5 Å². The normalized spacial score (nSPS) is 13.6. The highest BCUT2D eigenvalue weighted by Crippen LogP contribution is 2.41. The predicted molar refractivity (Wildman–Crippen MR) is 108 cm³/mol. The molecule has 3 rings (SSSR count). The van der Waals surface area contributed by atoms with Crippen molar-refractivity contribution in [2.75, 3.05) is 25.6 Å². The molecular weight excluding hydrogens is 390 g/mol. The Hall–Kier alpha value is -3.55. The molecule has 0 aliphatic carbocycles. The van der Waals surface area contributed by atoms with Crippen LogP contribution in [0.3, 0.4) is 0 Å². The van der Waals surface area contributed by atoms with E-state index in [1.807, 2.05) is 26.0 Å². The molecule has 0 bridgehead atoms. The summed E-state index contributed by atoms with van der Waals surface area (Å²) in [5.41, 5.74) is 1.14. The molecule has 8 heteroatoms. The topological polar surface area (TPSA) is 100 Å². The van der Waals surface area contributed by atoms with Crippen molar-refractivity contribution in [2.45, 2.75) is 25.9 Å². The second-order valence-corrected chi connectivity index (χ2v) is 7.32. The number of fused-ring (bicyclic) bond motifs is 1. The summed E-state index contributed by atoms with van der Waals surface area (Å²) in [6.07, 6.45) is 0.747. The number of esters is 2. The number of ether oxygens (including phenoxy) is 4. The highest BCUT2D eigenvalue weighted by molar-refractivity contribution is 6.01. The second kappa shape index (κ2) is 8.86. The molecule has 0 unspecified atom stereocenters. The minimum Gasteiger partial charge on any atom is -0.483 e. The first-order valence-corrected chi connectivity index (χ1v) is 9.35. The fourth-order valence-electron chi connectivity index (χ4n) is 3.09. The quantitative estimate of drug-likeness (QED) is 0.697. The molecule has 1 amide bonds. The molecule has 0 fully saturated rings. The first kappa shape index (κ1) is 21.2. The van der Waals surface area contributed by atoms with Crippen LogP contribution in [0.1, 0.15) is 29.8 Å². The molecule has 2 aromatic carbocycles. The number of hydrogen-bond acceptors (Lipinski definition) is 7. The average Bonchev–Trinajstić information content (AvgIpc) is 3.04. The summed E-state index contributed by atoms with van der Waals surface area (Å²) < 4.78 is 21.0. The number of amides is 1. The van der Waals surface area contributed by atoms with Gasteiger partial charge in [-0.15, -0.1) is 0 Å². The Morgan fingerprint density at radius 1 is 1.07 bits per heavy atom. The van der Waals surface area contributed by atoms with Crippen molar-refractivity contribution < 1.29 is 33.3 Å². The van der Waals surface area contributed by atoms with Crippen LogP contribution >= 0.6 is 0 Å². The Labute approximate surface area is 174 Å². The van der Waals surface area contributed by atoms with Gasteiger partial charge in [-0.3, -0.25) is 4.79 Å². The number of para-hydroxylation sites is 2. The van der Waals surface area contributed by atoms with Crippen LogP contribution in [0.4, 0.5) is 5.69 Å². The Morgan fingerprint density at radius 3 is 2.60 bits per heavy atom. The maximum absolute atomic E-state index is 12.1. The number of rotatable bonds is 7. The monoisotopic (exact) mass is 413 g/mol. The van der Waals surface area contributed by atoms with Gasteiger partial charge in [-0.25, -0.2) is 9.59 Å². The smallest absolute Gasteiger partial charge is 0.344 e. The number of hydrogen-bond donors (Lipinski definition) is 1. The minimum absolute atomic E-state index is 0.198. The lowest BCUT2D eigenvalue weighted by Gasteiger charge is -2.18. The van der Waals surface area contributed by atoms with Crippen molar-refractivity contribution in [3.63, 3.8) is 0 Å². The van der Waals surface area contributed by atoms with Gasteiger partial charge in [-0.2, -0.15) is 0 Å². The molecule has 0 aromatic heterocycles. The van der Waals surface area contributed by atoms with Gasteiger partial charge >= 0.3 is 11.9 Å². The fraction of sp³-hybridized carbons (Fsp3) is 0.318. The van der Waals surface area contributed by atoms with Gasteiger partial charge in [0.2, 0.25) is 0 Å². The zero-order chi connectivity index (χ0) is 21.7. The van der Waals surface area contributed by atoms with Crippen molar-refractivity contribution in [1.82, 2.24) is 0 Å². The highest BCUT2D eigenvalue weighted by atomic mass is 16.6. The Kier molecular flexibility index (Phi) is 6.25. The van der Waals surface area contributed by atoms with Crippen molar-refractivity contribution in [3.05, 3.63) is 53.6 Å². The zero-order valence-corrected chi connectivity index (χ0v) is 17.0. The van der Waals surface area contributed by atoms with E-state index in [2.05, 4.69) is 10.1 Å². The van der Waals surface area contributed by atoms with Crippen LogP contribution in [-0.4, -0.2) is 43.8 Å². The molecule has 0 saturated carbocycles. The molecule has 30 heavy (non-hydrogen) atoms. The number of nitrogens with one attached hydrogen (secondary N) is 1. The van der Waals surface area contributed by atoms with Crippen LogP contribution in [-0.2, 0) is 25.5 Å². The Balaban J connectivity index is 1.50. The number of methoxy groups -OCH3 is 1. The van der Waals surface area contributed by atoms with Crippen molar-refractivity contribution >= 4 is 23.5 Å². The third kappa shape index (κ3) is 5.08. The van der Waals surface area contributed by atoms with Crippen molar-refractivity contribution in [3.8, 4) is 11.5 Å². The zero-order valence-electron chi connectivity index (χ0n) is 17.0. The minimum atomic E-state index is -0.707. The molecule has 0 saturated heterocycles. The number of carbonyl (C=O) groups is 3. The summed E-state index contributed by atoms with van der Waals surface area (Å²) in [6, 6.07) is 11.9. The van der Waals surface area contributed by atoms with Crippen molar-refractivity contribution in [1.29, 1.82) is 0 Å². The molecule has 158 valence electrons. The molecule has 2 aromatic rings. The van der Waals surface area contributed by atoms with E-state index >= 15 is 0 Å². The van der Waals surface area contributed by atoms with E-state index in [4.69, 9.17) is 14.2 Å². The predicted octanol–water partition coefficient (Wildman–Crippen LogP) is 2.75. The molecular formula is C22H23NO7. The van der Waals surface area contributed by atoms with Gasteiger partial charge in [-0.1, -0.05) is 24.3 Å². The SMILES string of the molecule is COC(=O)c1ccccc1NC(=O)COC(=O)COc1cccc2c1OC(C)(C)C2. The summed E-state index contributed by atoms with van der Waals surface area (Å²) in [4.78, 5) is 35.8. The van der Waals surface area contributed by atoms with Gasteiger partial charge in [-0.05, 0) is 32.0 Å². The average molecular weight is 413 g/mol. The molecule has 8 nitrogen and oxygen atoms in total. The summed E-state index contributed by atoms with van der Waals surface area (Å²) in [6.45, 7) is 3.06. The number of benzene rings is 2. The largest absolute Gasteiger partial charge is 0.483 e. The lowest BCUT2D eigenvalue weighted by atomic mass is 10.0. The summed E-state index contributed by atoms with van der Waals surface area (Å²) in [5.74, 6) is -0.817. The van der Waals surface area contributed by atoms with E-state index in [0.29, 0.717) is 11.5 Å². The van der Waals surface area contributed by atoms with Crippen molar-refractivity contribution in [2.24, 2.45) is 0 Å². The molecule has 1 aliphatic heterocycles. The van der Waals surface area contributed by atoms with E-state index < -0.39 is 24.5 Å². The fourth-order valence-corrected chi connectivity index (χ4v) is 3.09. The van der Waals surface area contributed by atoms with Gasteiger partial charge in [0.15, 0.2) is 24.7 Å². The summed E-state index contributed by atoms with van der Waals surface area (Å²) in [7, 11) is 1.25. The van der Waals surface area contributed by atoms with Crippen LogP contribution in [0.2, 0.25) is 0 Å². The van der Waals surface area contributed by atoms with E-state index in [9.17, 15) is 14.4 Å². The lowest BCUT2D eigenvalue weighted by molar-refractivity contribution is -0.149. The molecule has 0 atom stereocenters.